The minimum Gasteiger partial charge on any atom is -0.329 e. The van der Waals surface area contributed by atoms with Crippen LogP contribution in [0.25, 0.3) is 0 Å². The van der Waals surface area contributed by atoms with Crippen LogP contribution in [0.5, 0.6) is 0 Å². The molecule has 0 aromatic heterocycles. The SMILES string of the molecule is CCC(=O)N(CCN)c1cccc(F)c1. The maximum absolute atomic E-state index is 13.0. The molecule has 0 saturated heterocycles. The van der Waals surface area contributed by atoms with Crippen molar-refractivity contribution in [3.63, 3.8) is 0 Å². The zero-order chi connectivity index (χ0) is 11.3. The molecule has 4 heteroatoms. The summed E-state index contributed by atoms with van der Waals surface area (Å²) in [5.41, 5.74) is 5.97. The highest BCUT2D eigenvalue weighted by atomic mass is 19.1. The summed E-state index contributed by atoms with van der Waals surface area (Å²) in [6, 6.07) is 5.97. The lowest BCUT2D eigenvalue weighted by Gasteiger charge is -2.21. The third kappa shape index (κ3) is 3.02. The molecule has 0 aliphatic rings. The number of rotatable bonds is 4. The Hall–Kier alpha value is -1.42. The van der Waals surface area contributed by atoms with Gasteiger partial charge in [0.1, 0.15) is 5.82 Å². The third-order valence-electron chi connectivity index (χ3n) is 2.08. The summed E-state index contributed by atoms with van der Waals surface area (Å²) in [6.45, 7) is 2.55. The van der Waals surface area contributed by atoms with Gasteiger partial charge >= 0.3 is 0 Å². The zero-order valence-corrected chi connectivity index (χ0v) is 8.74. The molecule has 0 heterocycles. The van der Waals surface area contributed by atoms with Crippen LogP contribution in [0.2, 0.25) is 0 Å². The van der Waals surface area contributed by atoms with Crippen LogP contribution in [0.4, 0.5) is 10.1 Å². The molecule has 0 unspecified atom stereocenters. The second kappa shape index (κ2) is 5.46. The summed E-state index contributed by atoms with van der Waals surface area (Å²) in [5, 5.41) is 0. The van der Waals surface area contributed by atoms with Crippen LogP contribution >= 0.6 is 0 Å². The Morgan fingerprint density at radius 1 is 1.53 bits per heavy atom. The van der Waals surface area contributed by atoms with Crippen molar-refractivity contribution in [3.8, 4) is 0 Å². The highest BCUT2D eigenvalue weighted by Crippen LogP contribution is 2.15. The van der Waals surface area contributed by atoms with Gasteiger partial charge in [0.05, 0.1) is 0 Å². The lowest BCUT2D eigenvalue weighted by Crippen LogP contribution is -2.34. The van der Waals surface area contributed by atoms with Crippen LogP contribution in [0.3, 0.4) is 0 Å². The molecule has 0 atom stereocenters. The standard InChI is InChI=1S/C11H15FN2O/c1-2-11(15)14(7-6-13)10-5-3-4-9(12)8-10/h3-5,8H,2,6-7,13H2,1H3. The third-order valence-corrected chi connectivity index (χ3v) is 2.08. The fourth-order valence-corrected chi connectivity index (χ4v) is 1.36. The first-order valence-corrected chi connectivity index (χ1v) is 4.95. The van der Waals surface area contributed by atoms with Gasteiger partial charge in [-0.2, -0.15) is 0 Å². The van der Waals surface area contributed by atoms with Gasteiger partial charge in [0.2, 0.25) is 5.91 Å². The second-order valence-electron chi connectivity index (χ2n) is 3.17. The highest BCUT2D eigenvalue weighted by Gasteiger charge is 2.12. The van der Waals surface area contributed by atoms with Gasteiger partial charge in [-0.1, -0.05) is 13.0 Å². The minimum atomic E-state index is -0.349. The van der Waals surface area contributed by atoms with E-state index in [-0.39, 0.29) is 11.7 Å². The number of hydrogen-bond donors (Lipinski definition) is 1. The number of nitrogens with two attached hydrogens (primary N) is 1. The summed E-state index contributed by atoms with van der Waals surface area (Å²) in [7, 11) is 0. The van der Waals surface area contributed by atoms with Gasteiger partial charge in [0, 0.05) is 25.2 Å². The normalized spacial score (nSPS) is 10.1. The fourth-order valence-electron chi connectivity index (χ4n) is 1.36. The zero-order valence-electron chi connectivity index (χ0n) is 8.74. The Balaban J connectivity index is 2.93. The number of hydrogen-bond acceptors (Lipinski definition) is 2. The van der Waals surface area contributed by atoms with Gasteiger partial charge in [-0.05, 0) is 18.2 Å². The molecule has 1 rings (SSSR count). The summed E-state index contributed by atoms with van der Waals surface area (Å²) >= 11 is 0. The molecule has 0 spiro atoms. The number of halogens is 1. The van der Waals surface area contributed by atoms with E-state index in [1.54, 1.807) is 19.1 Å². The number of nitrogens with zero attached hydrogens (tertiary/aromatic N) is 1. The van der Waals surface area contributed by atoms with Crippen LogP contribution in [0, 0.1) is 5.82 Å². The van der Waals surface area contributed by atoms with Gasteiger partial charge in [0.15, 0.2) is 0 Å². The van der Waals surface area contributed by atoms with Gasteiger partial charge in [-0.3, -0.25) is 4.79 Å². The quantitative estimate of drug-likeness (QED) is 0.819. The van der Waals surface area contributed by atoms with Crippen molar-refractivity contribution in [1.82, 2.24) is 0 Å². The van der Waals surface area contributed by atoms with Crippen LogP contribution in [0.1, 0.15) is 13.3 Å². The smallest absolute Gasteiger partial charge is 0.226 e. The fraction of sp³-hybridized carbons (Fsp3) is 0.364. The van der Waals surface area contributed by atoms with E-state index in [2.05, 4.69) is 0 Å². The number of benzene rings is 1. The van der Waals surface area contributed by atoms with Crippen LogP contribution < -0.4 is 10.6 Å². The van der Waals surface area contributed by atoms with Gasteiger partial charge < -0.3 is 10.6 Å². The van der Waals surface area contributed by atoms with E-state index in [1.807, 2.05) is 0 Å². The molecule has 0 aliphatic heterocycles. The topological polar surface area (TPSA) is 46.3 Å². The molecular formula is C11H15FN2O. The molecule has 15 heavy (non-hydrogen) atoms. The summed E-state index contributed by atoms with van der Waals surface area (Å²) in [5.74, 6) is -0.399. The average molecular weight is 210 g/mol. The van der Waals surface area contributed by atoms with Crippen LogP contribution in [-0.4, -0.2) is 19.0 Å². The first-order valence-electron chi connectivity index (χ1n) is 4.95. The van der Waals surface area contributed by atoms with E-state index in [0.29, 0.717) is 25.2 Å². The Labute approximate surface area is 88.7 Å². The molecule has 1 aromatic rings. The molecule has 82 valence electrons. The van der Waals surface area contributed by atoms with Crippen molar-refractivity contribution < 1.29 is 9.18 Å². The van der Waals surface area contributed by atoms with Crippen molar-refractivity contribution in [2.75, 3.05) is 18.0 Å². The molecule has 1 aromatic carbocycles. The molecule has 0 saturated carbocycles. The Morgan fingerprint density at radius 2 is 2.27 bits per heavy atom. The predicted molar refractivity (Wildman–Crippen MR) is 58.1 cm³/mol. The minimum absolute atomic E-state index is 0.0500. The summed E-state index contributed by atoms with van der Waals surface area (Å²) in [6.07, 6.45) is 0.385. The molecule has 0 radical (unpaired) electrons. The average Bonchev–Trinajstić information content (AvgIpc) is 2.25. The Bertz CT molecular complexity index is 341. The molecule has 0 bridgehead atoms. The van der Waals surface area contributed by atoms with E-state index in [9.17, 15) is 9.18 Å². The van der Waals surface area contributed by atoms with Crippen molar-refractivity contribution >= 4 is 11.6 Å². The van der Waals surface area contributed by atoms with Crippen LogP contribution in [-0.2, 0) is 4.79 Å². The van der Waals surface area contributed by atoms with Gasteiger partial charge in [0.25, 0.3) is 0 Å². The number of carbonyl (C=O) groups is 1. The van der Waals surface area contributed by atoms with Crippen molar-refractivity contribution in [3.05, 3.63) is 30.1 Å². The van der Waals surface area contributed by atoms with Crippen molar-refractivity contribution in [2.45, 2.75) is 13.3 Å². The van der Waals surface area contributed by atoms with Crippen molar-refractivity contribution in [2.24, 2.45) is 5.73 Å². The molecule has 2 N–H and O–H groups in total. The molecule has 0 aliphatic carbocycles. The monoisotopic (exact) mass is 210 g/mol. The lowest BCUT2D eigenvalue weighted by molar-refractivity contribution is -0.118. The number of anilines is 1. The molecular weight excluding hydrogens is 195 g/mol. The first-order chi connectivity index (χ1) is 7.19. The largest absolute Gasteiger partial charge is 0.329 e. The van der Waals surface area contributed by atoms with Gasteiger partial charge in [-0.15, -0.1) is 0 Å². The van der Waals surface area contributed by atoms with E-state index >= 15 is 0 Å². The first kappa shape index (κ1) is 11.7. The Kier molecular flexibility index (Phi) is 4.24. The van der Waals surface area contributed by atoms with E-state index in [1.165, 1.54) is 17.0 Å². The predicted octanol–water partition coefficient (Wildman–Crippen LogP) is 1.53. The molecule has 0 fully saturated rings. The maximum atomic E-state index is 13.0. The second-order valence-corrected chi connectivity index (χ2v) is 3.17. The van der Waals surface area contributed by atoms with E-state index in [0.717, 1.165) is 0 Å². The lowest BCUT2D eigenvalue weighted by atomic mass is 10.2. The van der Waals surface area contributed by atoms with E-state index in [4.69, 9.17) is 5.73 Å². The summed E-state index contributed by atoms with van der Waals surface area (Å²) in [4.78, 5) is 13.1. The highest BCUT2D eigenvalue weighted by molar-refractivity contribution is 5.93. The summed E-state index contributed by atoms with van der Waals surface area (Å²) < 4.78 is 13.0. The maximum Gasteiger partial charge on any atom is 0.226 e. The van der Waals surface area contributed by atoms with Crippen LogP contribution in [0.15, 0.2) is 24.3 Å². The van der Waals surface area contributed by atoms with Gasteiger partial charge in [-0.25, -0.2) is 4.39 Å². The number of carbonyl (C=O) groups excluding carboxylic acids is 1. The number of amides is 1. The molecule has 1 amide bonds. The Morgan fingerprint density at radius 3 is 2.80 bits per heavy atom. The van der Waals surface area contributed by atoms with E-state index < -0.39 is 0 Å². The molecule has 3 nitrogen and oxygen atoms in total. The van der Waals surface area contributed by atoms with Crippen molar-refractivity contribution in [1.29, 1.82) is 0 Å².